The van der Waals surface area contributed by atoms with Crippen LogP contribution in [0.15, 0.2) is 0 Å². The van der Waals surface area contributed by atoms with Crippen LogP contribution in [-0.2, 0) is 9.59 Å². The number of rotatable bonds is 5. The van der Waals surface area contributed by atoms with Crippen molar-refractivity contribution in [3.63, 3.8) is 0 Å². The topological polar surface area (TPSA) is 47.1 Å². The second kappa shape index (κ2) is 10.1. The van der Waals surface area contributed by atoms with Crippen LogP contribution < -0.4 is 0 Å². The van der Waals surface area contributed by atoms with Crippen LogP contribution >= 0.6 is 0 Å². The number of carbonyl (C=O) groups is 2. The molecule has 2 amide bonds. The van der Waals surface area contributed by atoms with Crippen LogP contribution in [0.4, 0.5) is 0 Å². The van der Waals surface area contributed by atoms with Crippen LogP contribution in [0, 0.1) is 5.92 Å². The smallest absolute Gasteiger partial charge is 0.225 e. The van der Waals surface area contributed by atoms with Crippen molar-refractivity contribution >= 4 is 11.8 Å². The van der Waals surface area contributed by atoms with E-state index in [4.69, 9.17) is 0 Å². The molecule has 0 atom stereocenters. The summed E-state index contributed by atoms with van der Waals surface area (Å²) in [5.41, 5.74) is 0. The summed E-state index contributed by atoms with van der Waals surface area (Å²) >= 11 is 0. The molecule has 0 aliphatic carbocycles. The van der Waals surface area contributed by atoms with E-state index in [9.17, 15) is 9.59 Å². The number of amides is 2. The Morgan fingerprint density at radius 3 is 2.07 bits per heavy atom. The van der Waals surface area contributed by atoms with E-state index >= 15 is 0 Å². The number of nitrogens with zero attached hydrogens (tertiary/aromatic N) is 4. The highest BCUT2D eigenvalue weighted by atomic mass is 16.2. The SMILES string of the molecule is CCCC(=O)N1CCC(N2CCC(C(=O)N(C)C3CCN(C)CC3)CC2)CC1. The second-order valence-corrected chi connectivity index (χ2v) is 9.16. The summed E-state index contributed by atoms with van der Waals surface area (Å²) in [5.74, 6) is 0.892. The summed E-state index contributed by atoms with van der Waals surface area (Å²) in [6, 6.07) is 1.01. The number of piperidine rings is 3. The monoisotopic (exact) mass is 392 g/mol. The van der Waals surface area contributed by atoms with Gasteiger partial charge in [0.2, 0.25) is 11.8 Å². The van der Waals surface area contributed by atoms with Crippen molar-refractivity contribution in [2.45, 2.75) is 70.4 Å². The van der Waals surface area contributed by atoms with Crippen LogP contribution in [-0.4, -0.2) is 96.9 Å². The summed E-state index contributed by atoms with van der Waals surface area (Å²) in [6.45, 7) is 8.14. The number of hydrogen-bond donors (Lipinski definition) is 0. The average molecular weight is 393 g/mol. The Kier molecular flexibility index (Phi) is 7.75. The molecule has 0 saturated carbocycles. The van der Waals surface area contributed by atoms with Gasteiger partial charge in [0, 0.05) is 44.6 Å². The lowest BCUT2D eigenvalue weighted by Gasteiger charge is -2.43. The minimum absolute atomic E-state index is 0.201. The van der Waals surface area contributed by atoms with Gasteiger partial charge in [-0.15, -0.1) is 0 Å². The highest BCUT2D eigenvalue weighted by Crippen LogP contribution is 2.26. The van der Waals surface area contributed by atoms with Gasteiger partial charge < -0.3 is 19.6 Å². The molecule has 3 rings (SSSR count). The summed E-state index contributed by atoms with van der Waals surface area (Å²) in [5, 5.41) is 0. The fraction of sp³-hybridized carbons (Fsp3) is 0.909. The normalized spacial score (nSPS) is 24.5. The lowest BCUT2D eigenvalue weighted by atomic mass is 9.91. The van der Waals surface area contributed by atoms with E-state index < -0.39 is 0 Å². The van der Waals surface area contributed by atoms with Gasteiger partial charge in [0.1, 0.15) is 0 Å². The number of likely N-dealkylation sites (tertiary alicyclic amines) is 3. The predicted octanol–water partition coefficient (Wildman–Crippen LogP) is 2.04. The highest BCUT2D eigenvalue weighted by Gasteiger charge is 2.34. The Balaban J connectivity index is 1.41. The molecule has 0 aromatic carbocycles. The largest absolute Gasteiger partial charge is 0.343 e. The first-order valence-electron chi connectivity index (χ1n) is 11.5. The van der Waals surface area contributed by atoms with E-state index in [0.29, 0.717) is 30.3 Å². The Bertz CT molecular complexity index is 517. The summed E-state index contributed by atoms with van der Waals surface area (Å²) in [4.78, 5) is 34.1. The van der Waals surface area contributed by atoms with Gasteiger partial charge >= 0.3 is 0 Å². The minimum Gasteiger partial charge on any atom is -0.343 e. The van der Waals surface area contributed by atoms with E-state index in [2.05, 4.69) is 28.7 Å². The van der Waals surface area contributed by atoms with Gasteiger partial charge in [-0.3, -0.25) is 9.59 Å². The summed E-state index contributed by atoms with van der Waals surface area (Å²) < 4.78 is 0. The number of hydrogen-bond acceptors (Lipinski definition) is 4. The van der Waals surface area contributed by atoms with Gasteiger partial charge in [-0.1, -0.05) is 6.92 Å². The van der Waals surface area contributed by atoms with E-state index in [1.165, 1.54) is 0 Å². The highest BCUT2D eigenvalue weighted by molar-refractivity contribution is 5.79. The summed E-state index contributed by atoms with van der Waals surface area (Å²) in [7, 11) is 4.19. The molecule has 0 spiro atoms. The zero-order valence-corrected chi connectivity index (χ0v) is 18.2. The average Bonchev–Trinajstić information content (AvgIpc) is 2.74. The standard InChI is InChI=1S/C22H40N4O2/c1-4-5-21(27)26-16-10-20(11-17-26)25-14-6-18(7-15-25)22(28)24(3)19-8-12-23(2)13-9-19/h18-20H,4-17H2,1-3H3. The fourth-order valence-electron chi connectivity index (χ4n) is 5.21. The third-order valence-corrected chi connectivity index (χ3v) is 7.26. The van der Waals surface area contributed by atoms with E-state index in [1.807, 2.05) is 11.9 Å². The maximum Gasteiger partial charge on any atom is 0.225 e. The molecule has 160 valence electrons. The molecule has 3 saturated heterocycles. The quantitative estimate of drug-likeness (QED) is 0.718. The first-order chi connectivity index (χ1) is 13.5. The molecule has 6 nitrogen and oxygen atoms in total. The molecule has 0 bridgehead atoms. The van der Waals surface area contributed by atoms with Gasteiger partial charge in [0.25, 0.3) is 0 Å². The molecule has 0 radical (unpaired) electrons. The molecule has 0 N–H and O–H groups in total. The zero-order valence-electron chi connectivity index (χ0n) is 18.2. The van der Waals surface area contributed by atoms with Crippen molar-refractivity contribution in [2.75, 3.05) is 53.4 Å². The molecular weight excluding hydrogens is 352 g/mol. The number of carbonyl (C=O) groups excluding carboxylic acids is 2. The van der Waals surface area contributed by atoms with Crippen molar-refractivity contribution in [3.05, 3.63) is 0 Å². The third kappa shape index (κ3) is 5.26. The van der Waals surface area contributed by atoms with Gasteiger partial charge in [0.05, 0.1) is 0 Å². The van der Waals surface area contributed by atoms with Gasteiger partial charge in [0.15, 0.2) is 0 Å². The van der Waals surface area contributed by atoms with Crippen LogP contribution in [0.25, 0.3) is 0 Å². The van der Waals surface area contributed by atoms with Crippen LogP contribution in [0.2, 0.25) is 0 Å². The van der Waals surface area contributed by atoms with Crippen molar-refractivity contribution in [3.8, 4) is 0 Å². The summed E-state index contributed by atoms with van der Waals surface area (Å²) in [6.07, 6.45) is 7.98. The first kappa shape index (κ1) is 21.6. The van der Waals surface area contributed by atoms with Gasteiger partial charge in [-0.05, 0) is 78.2 Å². The maximum absolute atomic E-state index is 13.0. The van der Waals surface area contributed by atoms with Crippen LogP contribution in [0.5, 0.6) is 0 Å². The molecule has 3 fully saturated rings. The lowest BCUT2D eigenvalue weighted by molar-refractivity contribution is -0.139. The van der Waals surface area contributed by atoms with Crippen LogP contribution in [0.3, 0.4) is 0 Å². The second-order valence-electron chi connectivity index (χ2n) is 9.16. The predicted molar refractivity (Wildman–Crippen MR) is 112 cm³/mol. The van der Waals surface area contributed by atoms with E-state index in [-0.39, 0.29) is 5.92 Å². The Morgan fingerprint density at radius 2 is 1.50 bits per heavy atom. The lowest BCUT2D eigenvalue weighted by Crippen LogP contribution is -2.51. The Morgan fingerprint density at radius 1 is 0.893 bits per heavy atom. The molecule has 3 aliphatic rings. The molecule has 0 aromatic heterocycles. The van der Waals surface area contributed by atoms with Crippen molar-refractivity contribution in [1.82, 2.24) is 19.6 Å². The van der Waals surface area contributed by atoms with Gasteiger partial charge in [-0.2, -0.15) is 0 Å². The molecule has 0 unspecified atom stereocenters. The Hall–Kier alpha value is -1.14. The molecule has 3 heterocycles. The zero-order chi connectivity index (χ0) is 20.1. The van der Waals surface area contributed by atoms with E-state index in [0.717, 1.165) is 84.2 Å². The third-order valence-electron chi connectivity index (χ3n) is 7.26. The molecule has 3 aliphatic heterocycles. The molecule has 28 heavy (non-hydrogen) atoms. The first-order valence-corrected chi connectivity index (χ1v) is 11.5. The fourth-order valence-corrected chi connectivity index (χ4v) is 5.21. The minimum atomic E-state index is 0.201. The van der Waals surface area contributed by atoms with Crippen molar-refractivity contribution in [2.24, 2.45) is 5.92 Å². The van der Waals surface area contributed by atoms with Gasteiger partial charge in [-0.25, -0.2) is 0 Å². The maximum atomic E-state index is 13.0. The van der Waals surface area contributed by atoms with E-state index in [1.54, 1.807) is 0 Å². The Labute approximate surface area is 171 Å². The molecule has 0 aromatic rings. The van der Waals surface area contributed by atoms with Crippen LogP contribution in [0.1, 0.15) is 58.3 Å². The molecule has 6 heteroatoms. The van der Waals surface area contributed by atoms with Crippen molar-refractivity contribution < 1.29 is 9.59 Å². The van der Waals surface area contributed by atoms with Crippen molar-refractivity contribution in [1.29, 1.82) is 0 Å². The molecular formula is C22H40N4O2.